The van der Waals surface area contributed by atoms with Gasteiger partial charge in [0.2, 0.25) is 5.91 Å². The normalized spacial score (nSPS) is 17.1. The number of aryl methyl sites for hydroxylation is 1. The van der Waals surface area contributed by atoms with Crippen LogP contribution in [0.15, 0.2) is 76.3 Å². The van der Waals surface area contributed by atoms with E-state index in [-0.39, 0.29) is 16.7 Å². The molecule has 0 spiro atoms. The van der Waals surface area contributed by atoms with Crippen LogP contribution >= 0.6 is 11.8 Å². The van der Waals surface area contributed by atoms with Gasteiger partial charge in [0.1, 0.15) is 5.76 Å². The Morgan fingerprint density at radius 3 is 2.45 bits per heavy atom. The van der Waals surface area contributed by atoms with Crippen molar-refractivity contribution in [1.29, 1.82) is 0 Å². The van der Waals surface area contributed by atoms with Crippen molar-refractivity contribution in [2.75, 3.05) is 0 Å². The van der Waals surface area contributed by atoms with Crippen LogP contribution in [0.25, 0.3) is 0 Å². The molecular weight excluding hydrogens is 436 g/mol. The summed E-state index contributed by atoms with van der Waals surface area (Å²) in [6, 6.07) is 18.5. The quantitative estimate of drug-likeness (QED) is 0.441. The van der Waals surface area contributed by atoms with E-state index in [9.17, 15) is 9.59 Å². The molecule has 3 aromatic rings. The molecule has 1 amide bonds. The highest BCUT2D eigenvalue weighted by Crippen LogP contribution is 2.33. The number of carbonyl (C=O) groups is 2. The second-order valence-corrected chi connectivity index (χ2v) is 9.15. The number of unbranched alkanes of at least 4 members (excludes halogenated alkanes) is 1. The maximum atomic E-state index is 13.3. The number of carboxylic acids is 1. The van der Waals surface area contributed by atoms with Crippen LogP contribution in [0.3, 0.4) is 0 Å². The SMILES string of the molecule is CCCCc1ccc(CC2SC(=Nc3ccc(C(=O)O)cc3)N(Cc3ccco3)C2=O)cc1. The van der Waals surface area contributed by atoms with Crippen molar-refractivity contribution in [2.24, 2.45) is 4.99 Å². The summed E-state index contributed by atoms with van der Waals surface area (Å²) in [5.41, 5.74) is 3.23. The van der Waals surface area contributed by atoms with E-state index in [1.807, 2.05) is 6.07 Å². The number of hydrogen-bond acceptors (Lipinski definition) is 5. The lowest BCUT2D eigenvalue weighted by Gasteiger charge is -2.15. The smallest absolute Gasteiger partial charge is 0.335 e. The number of aliphatic imine (C=N–C) groups is 1. The third-order valence-electron chi connectivity index (χ3n) is 5.52. The first-order chi connectivity index (χ1) is 16.0. The fourth-order valence-corrected chi connectivity index (χ4v) is 4.85. The summed E-state index contributed by atoms with van der Waals surface area (Å²) >= 11 is 1.44. The van der Waals surface area contributed by atoms with Crippen LogP contribution in [0.1, 0.15) is 47.0 Å². The number of benzene rings is 2. The van der Waals surface area contributed by atoms with Gasteiger partial charge in [-0.15, -0.1) is 0 Å². The summed E-state index contributed by atoms with van der Waals surface area (Å²) in [6.07, 6.45) is 5.61. The summed E-state index contributed by atoms with van der Waals surface area (Å²) in [4.78, 5) is 30.7. The lowest BCUT2D eigenvalue weighted by atomic mass is 10.0. The van der Waals surface area contributed by atoms with E-state index in [4.69, 9.17) is 9.52 Å². The van der Waals surface area contributed by atoms with Gasteiger partial charge in [-0.3, -0.25) is 9.69 Å². The summed E-state index contributed by atoms with van der Waals surface area (Å²) in [6.45, 7) is 2.49. The fraction of sp³-hybridized carbons (Fsp3) is 0.269. The maximum Gasteiger partial charge on any atom is 0.335 e. The predicted molar refractivity (Wildman–Crippen MR) is 130 cm³/mol. The van der Waals surface area contributed by atoms with E-state index >= 15 is 0 Å². The molecule has 2 aromatic carbocycles. The van der Waals surface area contributed by atoms with Crippen LogP contribution in [0.4, 0.5) is 5.69 Å². The second kappa shape index (κ2) is 10.5. The van der Waals surface area contributed by atoms with Gasteiger partial charge in [-0.25, -0.2) is 9.79 Å². The van der Waals surface area contributed by atoms with Crippen LogP contribution in [0.5, 0.6) is 0 Å². The molecule has 1 atom stereocenters. The molecule has 1 fully saturated rings. The minimum Gasteiger partial charge on any atom is -0.478 e. The largest absolute Gasteiger partial charge is 0.478 e. The van der Waals surface area contributed by atoms with E-state index in [0.717, 1.165) is 12.0 Å². The number of furan rings is 1. The van der Waals surface area contributed by atoms with Crippen LogP contribution < -0.4 is 0 Å². The first-order valence-electron chi connectivity index (χ1n) is 11.0. The number of amidine groups is 1. The molecule has 1 aliphatic heterocycles. The first kappa shape index (κ1) is 22.9. The number of hydrogen-bond donors (Lipinski definition) is 1. The molecule has 4 rings (SSSR count). The van der Waals surface area contributed by atoms with Gasteiger partial charge in [0.05, 0.1) is 29.3 Å². The average Bonchev–Trinajstić information content (AvgIpc) is 3.43. The van der Waals surface area contributed by atoms with E-state index in [2.05, 4.69) is 36.2 Å². The molecule has 0 saturated carbocycles. The number of carboxylic acid groups (broad SMARTS) is 1. The summed E-state index contributed by atoms with van der Waals surface area (Å²) < 4.78 is 5.46. The first-order valence-corrected chi connectivity index (χ1v) is 11.9. The molecule has 0 radical (unpaired) electrons. The Hall–Kier alpha value is -3.32. The fourth-order valence-electron chi connectivity index (χ4n) is 3.65. The van der Waals surface area contributed by atoms with Crippen molar-refractivity contribution < 1.29 is 19.1 Å². The molecule has 1 aromatic heterocycles. The Morgan fingerprint density at radius 1 is 1.09 bits per heavy atom. The van der Waals surface area contributed by atoms with E-state index in [1.54, 1.807) is 29.4 Å². The summed E-state index contributed by atoms with van der Waals surface area (Å²) in [5.74, 6) is -0.314. The van der Waals surface area contributed by atoms with Gasteiger partial charge >= 0.3 is 5.97 Å². The zero-order chi connectivity index (χ0) is 23.2. The second-order valence-electron chi connectivity index (χ2n) is 7.98. The molecule has 0 aliphatic carbocycles. The van der Waals surface area contributed by atoms with Crippen molar-refractivity contribution >= 4 is 34.5 Å². The van der Waals surface area contributed by atoms with Gasteiger partial charge in [0, 0.05) is 0 Å². The van der Waals surface area contributed by atoms with E-state index in [1.165, 1.54) is 42.3 Å². The number of thioether (sulfide) groups is 1. The highest BCUT2D eigenvalue weighted by molar-refractivity contribution is 8.15. The highest BCUT2D eigenvalue weighted by atomic mass is 32.2. The van der Waals surface area contributed by atoms with Crippen LogP contribution in [-0.4, -0.2) is 32.3 Å². The van der Waals surface area contributed by atoms with Gasteiger partial charge in [-0.1, -0.05) is 49.4 Å². The molecule has 33 heavy (non-hydrogen) atoms. The third kappa shape index (κ3) is 5.73. The molecule has 7 heteroatoms. The van der Waals surface area contributed by atoms with Crippen LogP contribution in [0.2, 0.25) is 0 Å². The van der Waals surface area contributed by atoms with Gasteiger partial charge in [0.15, 0.2) is 5.17 Å². The minimum atomic E-state index is -0.986. The van der Waals surface area contributed by atoms with Gasteiger partial charge < -0.3 is 9.52 Å². The van der Waals surface area contributed by atoms with Crippen molar-refractivity contribution in [1.82, 2.24) is 4.90 Å². The maximum absolute atomic E-state index is 13.3. The zero-order valence-electron chi connectivity index (χ0n) is 18.4. The number of aromatic carboxylic acids is 1. The van der Waals surface area contributed by atoms with Crippen molar-refractivity contribution in [3.05, 3.63) is 89.4 Å². The molecular formula is C26H26N2O4S. The van der Waals surface area contributed by atoms with Gasteiger partial charge in [-0.05, 0) is 66.8 Å². The monoisotopic (exact) mass is 462 g/mol. The Labute approximate surface area is 197 Å². The Balaban J connectivity index is 1.54. The third-order valence-corrected chi connectivity index (χ3v) is 6.69. The molecule has 170 valence electrons. The van der Waals surface area contributed by atoms with Gasteiger partial charge in [0.25, 0.3) is 0 Å². The van der Waals surface area contributed by atoms with Crippen molar-refractivity contribution in [3.8, 4) is 0 Å². The Morgan fingerprint density at radius 2 is 1.82 bits per heavy atom. The predicted octanol–water partition coefficient (Wildman–Crippen LogP) is 5.69. The Bertz CT molecular complexity index is 1120. The number of nitrogens with zero attached hydrogens (tertiary/aromatic N) is 2. The standard InChI is InChI=1S/C26H26N2O4S/c1-2-3-5-18-7-9-19(10-8-18)16-23-24(29)28(17-22-6-4-15-32-22)26(33-23)27-21-13-11-20(12-14-21)25(30)31/h4,6-15,23H,2-3,5,16-17H2,1H3,(H,30,31). The van der Waals surface area contributed by atoms with Crippen LogP contribution in [-0.2, 0) is 24.2 Å². The molecule has 2 heterocycles. The number of rotatable bonds is 9. The Kier molecular flexibility index (Phi) is 7.29. The zero-order valence-corrected chi connectivity index (χ0v) is 19.3. The van der Waals surface area contributed by atoms with Crippen LogP contribution in [0, 0.1) is 0 Å². The topological polar surface area (TPSA) is 83.1 Å². The molecule has 6 nitrogen and oxygen atoms in total. The molecule has 1 unspecified atom stereocenters. The number of carbonyl (C=O) groups excluding carboxylic acids is 1. The van der Waals surface area contributed by atoms with E-state index < -0.39 is 5.97 Å². The molecule has 1 N–H and O–H groups in total. The highest BCUT2D eigenvalue weighted by Gasteiger charge is 2.38. The molecule has 0 bridgehead atoms. The van der Waals surface area contributed by atoms with E-state index in [0.29, 0.717) is 29.6 Å². The summed E-state index contributed by atoms with van der Waals surface area (Å²) in [7, 11) is 0. The summed E-state index contributed by atoms with van der Waals surface area (Å²) in [5, 5.41) is 9.42. The molecule has 1 aliphatic rings. The average molecular weight is 463 g/mol. The number of amides is 1. The van der Waals surface area contributed by atoms with Gasteiger partial charge in [-0.2, -0.15) is 0 Å². The lowest BCUT2D eigenvalue weighted by molar-refractivity contribution is -0.126. The minimum absolute atomic E-state index is 0.00707. The van der Waals surface area contributed by atoms with Crippen molar-refractivity contribution in [2.45, 2.75) is 44.4 Å². The molecule has 1 saturated heterocycles. The lowest BCUT2D eigenvalue weighted by Crippen LogP contribution is -2.32. The van der Waals surface area contributed by atoms with Crippen molar-refractivity contribution in [3.63, 3.8) is 0 Å².